The van der Waals surface area contributed by atoms with Crippen molar-refractivity contribution in [3.63, 3.8) is 0 Å². The van der Waals surface area contributed by atoms with Gasteiger partial charge in [-0.25, -0.2) is 0 Å². The van der Waals surface area contributed by atoms with Crippen LogP contribution >= 0.6 is 0 Å². The van der Waals surface area contributed by atoms with Crippen LogP contribution in [0.15, 0.2) is 24.3 Å². The molecule has 0 aromatic heterocycles. The maximum absolute atomic E-state index is 12.6. The van der Waals surface area contributed by atoms with Gasteiger partial charge in [-0.3, -0.25) is 9.59 Å². The van der Waals surface area contributed by atoms with Crippen LogP contribution in [0, 0.1) is 5.92 Å². The zero-order valence-corrected chi connectivity index (χ0v) is 11.3. The van der Waals surface area contributed by atoms with Crippen LogP contribution in [0.3, 0.4) is 0 Å². The van der Waals surface area contributed by atoms with Gasteiger partial charge in [0.05, 0.1) is 5.92 Å². The molecule has 1 saturated heterocycles. The SMILES string of the molecule is NC(=O)C1CCCN1C(=O)C1CNc2ccccc2C1. The zero-order chi connectivity index (χ0) is 14.1. The monoisotopic (exact) mass is 273 g/mol. The van der Waals surface area contributed by atoms with Gasteiger partial charge in [0.25, 0.3) is 0 Å². The van der Waals surface area contributed by atoms with Gasteiger partial charge < -0.3 is 16.0 Å². The Kier molecular flexibility index (Phi) is 3.34. The average molecular weight is 273 g/mol. The van der Waals surface area contributed by atoms with E-state index in [1.165, 1.54) is 0 Å². The Morgan fingerprint density at radius 2 is 2.10 bits per heavy atom. The van der Waals surface area contributed by atoms with Crippen molar-refractivity contribution in [2.75, 3.05) is 18.4 Å². The second-order valence-electron chi connectivity index (χ2n) is 5.53. The molecule has 0 spiro atoms. The zero-order valence-electron chi connectivity index (χ0n) is 11.3. The van der Waals surface area contributed by atoms with Crippen LogP contribution in [-0.2, 0) is 16.0 Å². The Balaban J connectivity index is 1.74. The summed E-state index contributed by atoms with van der Waals surface area (Å²) in [6, 6.07) is 7.61. The summed E-state index contributed by atoms with van der Waals surface area (Å²) in [5, 5.41) is 3.30. The smallest absolute Gasteiger partial charge is 0.240 e. The van der Waals surface area contributed by atoms with Crippen LogP contribution in [-0.4, -0.2) is 35.8 Å². The highest BCUT2D eigenvalue weighted by molar-refractivity contribution is 5.89. The van der Waals surface area contributed by atoms with E-state index in [-0.39, 0.29) is 17.7 Å². The van der Waals surface area contributed by atoms with Gasteiger partial charge in [0.1, 0.15) is 6.04 Å². The first-order valence-corrected chi connectivity index (χ1v) is 7.08. The second kappa shape index (κ2) is 5.15. The van der Waals surface area contributed by atoms with E-state index >= 15 is 0 Å². The average Bonchev–Trinajstić information content (AvgIpc) is 2.95. The van der Waals surface area contributed by atoms with E-state index in [4.69, 9.17) is 5.73 Å². The predicted molar refractivity (Wildman–Crippen MR) is 76.1 cm³/mol. The van der Waals surface area contributed by atoms with Crippen LogP contribution in [0.25, 0.3) is 0 Å². The topological polar surface area (TPSA) is 75.4 Å². The van der Waals surface area contributed by atoms with E-state index in [9.17, 15) is 9.59 Å². The van der Waals surface area contributed by atoms with Gasteiger partial charge in [-0.2, -0.15) is 0 Å². The first-order chi connectivity index (χ1) is 9.66. The Labute approximate surface area is 118 Å². The molecule has 0 saturated carbocycles. The number of nitrogens with two attached hydrogens (primary N) is 1. The van der Waals surface area contributed by atoms with Crippen molar-refractivity contribution in [3.05, 3.63) is 29.8 Å². The minimum Gasteiger partial charge on any atom is -0.384 e. The first-order valence-electron chi connectivity index (χ1n) is 7.08. The molecule has 2 amide bonds. The van der Waals surface area contributed by atoms with Gasteiger partial charge in [0.15, 0.2) is 0 Å². The molecule has 106 valence electrons. The standard InChI is InChI=1S/C15H19N3O2/c16-14(19)13-6-3-7-18(13)15(20)11-8-10-4-1-2-5-12(10)17-9-11/h1-2,4-5,11,13,17H,3,6-9H2,(H2,16,19). The van der Waals surface area contributed by atoms with Crippen molar-refractivity contribution in [2.24, 2.45) is 11.7 Å². The van der Waals surface area contributed by atoms with Crippen molar-refractivity contribution in [3.8, 4) is 0 Å². The third-order valence-electron chi connectivity index (χ3n) is 4.24. The summed E-state index contributed by atoms with van der Waals surface area (Å²) in [5.41, 5.74) is 7.64. The summed E-state index contributed by atoms with van der Waals surface area (Å²) < 4.78 is 0. The molecule has 5 heteroatoms. The third kappa shape index (κ3) is 2.24. The normalized spacial score (nSPS) is 24.9. The molecule has 5 nitrogen and oxygen atoms in total. The lowest BCUT2D eigenvalue weighted by atomic mass is 9.92. The van der Waals surface area contributed by atoms with E-state index in [2.05, 4.69) is 5.32 Å². The number of nitrogens with one attached hydrogen (secondary N) is 1. The molecule has 0 aliphatic carbocycles. The third-order valence-corrected chi connectivity index (χ3v) is 4.24. The Bertz CT molecular complexity index is 544. The number of hydrogen-bond donors (Lipinski definition) is 2. The maximum atomic E-state index is 12.6. The highest BCUT2D eigenvalue weighted by Gasteiger charge is 2.36. The van der Waals surface area contributed by atoms with Crippen molar-refractivity contribution in [2.45, 2.75) is 25.3 Å². The molecule has 20 heavy (non-hydrogen) atoms. The van der Waals surface area contributed by atoms with Crippen molar-refractivity contribution < 1.29 is 9.59 Å². The van der Waals surface area contributed by atoms with Crippen LogP contribution < -0.4 is 11.1 Å². The maximum Gasteiger partial charge on any atom is 0.240 e. The minimum absolute atomic E-state index is 0.0494. The number of likely N-dealkylation sites (tertiary alicyclic amines) is 1. The molecule has 1 aromatic carbocycles. The van der Waals surface area contributed by atoms with Crippen LogP contribution in [0.1, 0.15) is 18.4 Å². The van der Waals surface area contributed by atoms with Crippen LogP contribution in [0.5, 0.6) is 0 Å². The van der Waals surface area contributed by atoms with E-state index < -0.39 is 6.04 Å². The Hall–Kier alpha value is -2.04. The lowest BCUT2D eigenvalue weighted by molar-refractivity contribution is -0.140. The van der Waals surface area contributed by atoms with Crippen LogP contribution in [0.4, 0.5) is 5.69 Å². The summed E-state index contributed by atoms with van der Waals surface area (Å²) in [6.45, 7) is 1.27. The van der Waals surface area contributed by atoms with Crippen molar-refractivity contribution in [1.29, 1.82) is 0 Å². The number of amides is 2. The minimum atomic E-state index is -0.417. The van der Waals surface area contributed by atoms with Gasteiger partial charge in [0, 0.05) is 18.8 Å². The van der Waals surface area contributed by atoms with E-state index in [1.54, 1.807) is 4.90 Å². The van der Waals surface area contributed by atoms with Crippen LogP contribution in [0.2, 0.25) is 0 Å². The molecule has 2 aliphatic heterocycles. The summed E-state index contributed by atoms with van der Waals surface area (Å²) in [5.74, 6) is -0.446. The number of rotatable bonds is 2. The lowest BCUT2D eigenvalue weighted by Crippen LogP contribution is -2.48. The molecule has 2 aliphatic rings. The molecular weight excluding hydrogens is 254 g/mol. The molecule has 3 rings (SSSR count). The Morgan fingerprint density at radius 3 is 2.90 bits per heavy atom. The number of fused-ring (bicyclic) bond motifs is 1. The summed E-state index contributed by atoms with van der Waals surface area (Å²) in [4.78, 5) is 25.7. The molecule has 3 N–H and O–H groups in total. The van der Waals surface area contributed by atoms with E-state index in [0.29, 0.717) is 19.5 Å². The number of carbonyl (C=O) groups excluding carboxylic acids is 2. The first kappa shape index (κ1) is 13.0. The molecule has 2 unspecified atom stereocenters. The van der Waals surface area contributed by atoms with E-state index in [1.807, 2.05) is 24.3 Å². The highest BCUT2D eigenvalue weighted by Crippen LogP contribution is 2.27. The number of nitrogens with zero attached hydrogens (tertiary/aromatic N) is 1. The largest absolute Gasteiger partial charge is 0.384 e. The fraction of sp³-hybridized carbons (Fsp3) is 0.467. The quantitative estimate of drug-likeness (QED) is 0.835. The summed E-state index contributed by atoms with van der Waals surface area (Å²) in [6.07, 6.45) is 2.28. The van der Waals surface area contributed by atoms with Gasteiger partial charge in [-0.05, 0) is 30.9 Å². The van der Waals surface area contributed by atoms with Gasteiger partial charge >= 0.3 is 0 Å². The fourth-order valence-electron chi connectivity index (χ4n) is 3.18. The number of anilines is 1. The fourth-order valence-corrected chi connectivity index (χ4v) is 3.18. The molecule has 2 atom stereocenters. The van der Waals surface area contributed by atoms with Gasteiger partial charge in [-0.15, -0.1) is 0 Å². The molecule has 1 fully saturated rings. The number of para-hydroxylation sites is 1. The van der Waals surface area contributed by atoms with Gasteiger partial charge in [-0.1, -0.05) is 18.2 Å². The highest BCUT2D eigenvalue weighted by atomic mass is 16.2. The second-order valence-corrected chi connectivity index (χ2v) is 5.53. The number of benzene rings is 1. The Morgan fingerprint density at radius 1 is 1.30 bits per heavy atom. The molecule has 1 aromatic rings. The summed E-state index contributed by atoms with van der Waals surface area (Å²) in [7, 11) is 0. The van der Waals surface area contributed by atoms with Crippen molar-refractivity contribution >= 4 is 17.5 Å². The lowest BCUT2D eigenvalue weighted by Gasteiger charge is -2.31. The number of carbonyl (C=O) groups is 2. The number of primary amides is 1. The van der Waals surface area contributed by atoms with E-state index in [0.717, 1.165) is 24.1 Å². The predicted octanol–water partition coefficient (Wildman–Crippen LogP) is 0.747. The molecule has 0 bridgehead atoms. The molecule has 2 heterocycles. The van der Waals surface area contributed by atoms with Gasteiger partial charge in [0.2, 0.25) is 11.8 Å². The molecular formula is C15H19N3O2. The molecule has 0 radical (unpaired) electrons. The van der Waals surface area contributed by atoms with Crippen molar-refractivity contribution in [1.82, 2.24) is 4.90 Å². The number of hydrogen-bond acceptors (Lipinski definition) is 3. The summed E-state index contributed by atoms with van der Waals surface area (Å²) >= 11 is 0.